The van der Waals surface area contributed by atoms with Gasteiger partial charge in [0.1, 0.15) is 18.2 Å². The maximum atomic E-state index is 11.6. The molecular formula is C20H34N2NaO4+. The van der Waals surface area contributed by atoms with E-state index in [-0.39, 0.29) is 40.6 Å². The molecule has 0 radical (unpaired) electrons. The average molecular weight is 389 g/mol. The maximum absolute atomic E-state index is 11.6. The van der Waals surface area contributed by atoms with E-state index in [1.807, 2.05) is 0 Å². The van der Waals surface area contributed by atoms with E-state index in [1.54, 1.807) is 13.1 Å². The summed E-state index contributed by atoms with van der Waals surface area (Å²) in [6.07, 6.45) is 14.9. The first-order chi connectivity index (χ1) is 12.5. The first kappa shape index (κ1) is 26.3. The number of unbranched alkanes of at least 4 members (excludes halogenated alkanes) is 8. The van der Waals surface area contributed by atoms with Crippen LogP contribution in [0.3, 0.4) is 0 Å². The zero-order valence-corrected chi connectivity index (χ0v) is 19.3. The third-order valence-electron chi connectivity index (χ3n) is 5.15. The zero-order chi connectivity index (χ0) is 19.4. The van der Waals surface area contributed by atoms with Gasteiger partial charge in [0, 0.05) is 12.8 Å². The molecule has 6 nitrogen and oxygen atoms in total. The Bertz CT molecular complexity index is 522. The second-order valence-corrected chi connectivity index (χ2v) is 7.15. The summed E-state index contributed by atoms with van der Waals surface area (Å²) in [5.41, 5.74) is 0. The van der Waals surface area contributed by atoms with Gasteiger partial charge in [-0.3, -0.25) is 0 Å². The molecule has 1 rings (SSSR count). The number of hydrogen-bond acceptors (Lipinski definition) is 4. The first-order valence-electron chi connectivity index (χ1n) is 10.0. The normalized spacial score (nSPS) is 19.4. The largest absolute Gasteiger partial charge is 1.00 e. The van der Waals surface area contributed by atoms with E-state index in [1.165, 1.54) is 44.7 Å². The second kappa shape index (κ2) is 14.3. The predicted molar refractivity (Wildman–Crippen MR) is 100 cm³/mol. The van der Waals surface area contributed by atoms with Crippen molar-refractivity contribution in [2.75, 3.05) is 6.54 Å². The molecule has 0 aromatic rings. The number of hydrogen-bond donors (Lipinski definition) is 1. The minimum absolute atomic E-state index is 0. The Kier molecular flexibility index (Phi) is 14.0. The molecule has 0 aromatic heterocycles. The topological polar surface area (TPSA) is 89.8 Å². The van der Waals surface area contributed by atoms with Crippen LogP contribution in [0.2, 0.25) is 0 Å². The van der Waals surface area contributed by atoms with Gasteiger partial charge in [0.05, 0.1) is 6.20 Å². The number of aliphatic carboxylic acids is 2. The molecule has 1 aliphatic heterocycles. The van der Waals surface area contributed by atoms with E-state index in [0.717, 1.165) is 19.3 Å². The van der Waals surface area contributed by atoms with E-state index in [0.29, 0.717) is 18.7 Å². The van der Waals surface area contributed by atoms with Crippen molar-refractivity contribution in [3.63, 3.8) is 0 Å². The molecule has 1 aliphatic rings. The molecule has 0 amide bonds. The van der Waals surface area contributed by atoms with Crippen LogP contribution in [0.15, 0.2) is 17.4 Å². The van der Waals surface area contributed by atoms with Crippen LogP contribution in [0.5, 0.6) is 0 Å². The third-order valence-corrected chi connectivity index (χ3v) is 5.15. The summed E-state index contributed by atoms with van der Waals surface area (Å²) in [5.74, 6) is -1.62. The SMILES string of the molecule is CCCCCCCCCCCC1=NC=C[N+]1(CC(=O)O)C(CC)C(=O)[O-].[Na+]. The van der Waals surface area contributed by atoms with E-state index in [9.17, 15) is 19.8 Å². The summed E-state index contributed by atoms with van der Waals surface area (Å²) in [4.78, 5) is 27.2. The molecule has 0 aliphatic carbocycles. The molecule has 2 unspecified atom stereocenters. The van der Waals surface area contributed by atoms with Gasteiger partial charge in [0.2, 0.25) is 5.84 Å². The van der Waals surface area contributed by atoms with Crippen LogP contribution < -0.4 is 34.7 Å². The van der Waals surface area contributed by atoms with Gasteiger partial charge in [-0.15, -0.1) is 0 Å². The van der Waals surface area contributed by atoms with Crippen LogP contribution in [-0.2, 0) is 9.59 Å². The van der Waals surface area contributed by atoms with Crippen LogP contribution in [0.25, 0.3) is 0 Å². The number of aliphatic imine (C=N–C) groups is 1. The summed E-state index contributed by atoms with van der Waals surface area (Å²) in [6, 6.07) is -0.915. The minimum Gasteiger partial charge on any atom is -0.544 e. The molecule has 0 saturated carbocycles. The molecule has 1 heterocycles. The fraction of sp³-hybridized carbons (Fsp3) is 0.750. The zero-order valence-electron chi connectivity index (χ0n) is 17.3. The van der Waals surface area contributed by atoms with Crippen LogP contribution >= 0.6 is 0 Å². The fourth-order valence-corrected chi connectivity index (χ4v) is 3.74. The van der Waals surface area contributed by atoms with Gasteiger partial charge in [-0.1, -0.05) is 65.2 Å². The molecule has 0 saturated heterocycles. The van der Waals surface area contributed by atoms with Crippen molar-refractivity contribution in [1.82, 2.24) is 0 Å². The number of carboxylic acids is 2. The number of carbonyl (C=O) groups is 2. The summed E-state index contributed by atoms with van der Waals surface area (Å²) in [7, 11) is 0. The first-order valence-corrected chi connectivity index (χ1v) is 10.0. The maximum Gasteiger partial charge on any atom is 1.00 e. The predicted octanol–water partition coefficient (Wildman–Crippen LogP) is 0.225. The van der Waals surface area contributed by atoms with Crippen molar-refractivity contribution < 1.29 is 53.8 Å². The standard InChI is InChI=1S/C20H34N2O4.Na/c1-3-5-6-7-8-9-10-11-12-13-18-21-14-15-22(18,16-19(23)24)17(4-2)20(25)26;/h14-15,17H,3-13,16H2,1-2H3,(H-,23,24,25,26);/q;+1. The van der Waals surface area contributed by atoms with Gasteiger partial charge in [-0.25, -0.2) is 14.3 Å². The van der Waals surface area contributed by atoms with E-state index < -0.39 is 18.0 Å². The Morgan fingerprint density at radius 3 is 2.11 bits per heavy atom. The van der Waals surface area contributed by atoms with Crippen LogP contribution in [-0.4, -0.2) is 40.0 Å². The molecular weight excluding hydrogens is 355 g/mol. The quantitative estimate of drug-likeness (QED) is 0.247. The van der Waals surface area contributed by atoms with E-state index in [2.05, 4.69) is 11.9 Å². The Labute approximate surface area is 185 Å². The number of nitrogens with zero attached hydrogens (tertiary/aromatic N) is 2. The molecule has 1 N–H and O–H groups in total. The Morgan fingerprint density at radius 2 is 1.63 bits per heavy atom. The number of carbonyl (C=O) groups excluding carboxylic acids is 1. The summed E-state index contributed by atoms with van der Waals surface area (Å²) in [6.45, 7) is 3.65. The molecule has 0 fully saturated rings. The van der Waals surface area contributed by atoms with Gasteiger partial charge in [0.25, 0.3) is 0 Å². The number of quaternary nitrogens is 1. The van der Waals surface area contributed by atoms with Gasteiger partial charge in [0.15, 0.2) is 6.54 Å². The Balaban J connectivity index is 0.00000676. The molecule has 0 spiro atoms. The second-order valence-electron chi connectivity index (χ2n) is 7.15. The molecule has 7 heteroatoms. The Hall–Kier alpha value is -0.690. The smallest absolute Gasteiger partial charge is 0.544 e. The van der Waals surface area contributed by atoms with Gasteiger partial charge in [-0.2, -0.15) is 0 Å². The number of rotatable bonds is 15. The van der Waals surface area contributed by atoms with Gasteiger partial charge < -0.3 is 15.0 Å². The molecule has 2 atom stereocenters. The molecule has 148 valence electrons. The summed E-state index contributed by atoms with van der Waals surface area (Å²) < 4.78 is -0.231. The van der Waals surface area contributed by atoms with Gasteiger partial charge >= 0.3 is 35.5 Å². The van der Waals surface area contributed by atoms with Crippen LogP contribution in [0.4, 0.5) is 0 Å². The minimum atomic E-state index is -1.22. The molecule has 0 aromatic carbocycles. The number of carboxylic acid groups (broad SMARTS) is 2. The van der Waals surface area contributed by atoms with Crippen LogP contribution in [0, 0.1) is 0 Å². The third kappa shape index (κ3) is 8.46. The van der Waals surface area contributed by atoms with Crippen LogP contribution in [0.1, 0.15) is 84.5 Å². The summed E-state index contributed by atoms with van der Waals surface area (Å²) in [5, 5.41) is 20.9. The van der Waals surface area contributed by atoms with Crippen molar-refractivity contribution >= 4 is 17.8 Å². The molecule has 27 heavy (non-hydrogen) atoms. The number of amidine groups is 1. The fourth-order valence-electron chi connectivity index (χ4n) is 3.74. The monoisotopic (exact) mass is 389 g/mol. The van der Waals surface area contributed by atoms with Crippen molar-refractivity contribution in [3.8, 4) is 0 Å². The van der Waals surface area contributed by atoms with E-state index in [4.69, 9.17) is 0 Å². The van der Waals surface area contributed by atoms with Crippen molar-refractivity contribution in [2.24, 2.45) is 4.99 Å². The van der Waals surface area contributed by atoms with Crippen molar-refractivity contribution in [3.05, 3.63) is 12.4 Å². The molecule has 0 bridgehead atoms. The Morgan fingerprint density at radius 1 is 1.07 bits per heavy atom. The van der Waals surface area contributed by atoms with E-state index >= 15 is 0 Å². The van der Waals surface area contributed by atoms with Crippen molar-refractivity contribution in [2.45, 2.75) is 90.5 Å². The van der Waals surface area contributed by atoms with Gasteiger partial charge in [-0.05, 0) is 6.42 Å². The summed E-state index contributed by atoms with van der Waals surface area (Å²) >= 11 is 0. The average Bonchev–Trinajstić information content (AvgIpc) is 2.96. The van der Waals surface area contributed by atoms with Crippen molar-refractivity contribution in [1.29, 1.82) is 0 Å².